The zero-order chi connectivity index (χ0) is 15.3. The summed E-state index contributed by atoms with van der Waals surface area (Å²) in [5.41, 5.74) is 0. The van der Waals surface area contributed by atoms with Crippen molar-refractivity contribution in [2.75, 3.05) is 5.75 Å². The van der Waals surface area contributed by atoms with Gasteiger partial charge in [0.15, 0.2) is 11.3 Å². The Kier molecular flexibility index (Phi) is 7.17. The summed E-state index contributed by atoms with van der Waals surface area (Å²) in [5, 5.41) is -0.260. The van der Waals surface area contributed by atoms with Crippen LogP contribution in [0.5, 0.6) is 0 Å². The Morgan fingerprint density at radius 1 is 1.16 bits per heavy atom. The molecule has 114 valence electrons. The lowest BCUT2D eigenvalue weighted by Gasteiger charge is -2.24. The maximum Gasteiger partial charge on any atom is 0.456 e. The molecule has 0 rings (SSSR count). The Bertz CT molecular complexity index is 292. The van der Waals surface area contributed by atoms with Crippen LogP contribution in [-0.2, 0) is 4.79 Å². The highest BCUT2D eigenvalue weighted by molar-refractivity contribution is 8.13. The van der Waals surface area contributed by atoms with Gasteiger partial charge in [0.25, 0.3) is 0 Å². The van der Waals surface area contributed by atoms with Gasteiger partial charge in [-0.3, -0.25) is 4.79 Å². The van der Waals surface area contributed by atoms with Gasteiger partial charge in [0.1, 0.15) is 6.17 Å². The average molecular weight is 314 g/mol. The van der Waals surface area contributed by atoms with Crippen molar-refractivity contribution in [3.8, 4) is 0 Å². The van der Waals surface area contributed by atoms with Crippen molar-refractivity contribution >= 4 is 16.9 Å². The summed E-state index contributed by atoms with van der Waals surface area (Å²) in [6.07, 6.45) is -13.6. The minimum Gasteiger partial charge on any atom is -0.287 e. The first-order valence-corrected chi connectivity index (χ1v) is 6.39. The molecule has 2 unspecified atom stereocenters. The molecule has 0 aromatic carbocycles. The van der Waals surface area contributed by atoms with Crippen LogP contribution in [0.4, 0.5) is 30.7 Å². The van der Waals surface area contributed by atoms with Gasteiger partial charge in [0.2, 0.25) is 0 Å². The summed E-state index contributed by atoms with van der Waals surface area (Å²) in [6.45, 7) is 1.56. The third kappa shape index (κ3) is 6.01. The summed E-state index contributed by atoms with van der Waals surface area (Å²) in [4.78, 5) is 10.8. The SMILES string of the molecule is CCC(=O)SCCC(F)CC(F)C(F)(F)C(F)(F)F. The largest absolute Gasteiger partial charge is 0.456 e. The van der Waals surface area contributed by atoms with Crippen molar-refractivity contribution in [2.24, 2.45) is 0 Å². The van der Waals surface area contributed by atoms with E-state index in [1.54, 1.807) is 6.92 Å². The lowest BCUT2D eigenvalue weighted by Crippen LogP contribution is -2.45. The van der Waals surface area contributed by atoms with E-state index in [2.05, 4.69) is 0 Å². The number of rotatable bonds is 7. The zero-order valence-electron chi connectivity index (χ0n) is 9.95. The van der Waals surface area contributed by atoms with Gasteiger partial charge >= 0.3 is 12.1 Å². The van der Waals surface area contributed by atoms with Crippen molar-refractivity contribution in [2.45, 2.75) is 50.6 Å². The summed E-state index contributed by atoms with van der Waals surface area (Å²) < 4.78 is 86.1. The molecule has 1 nitrogen and oxygen atoms in total. The molecule has 0 aliphatic rings. The highest BCUT2D eigenvalue weighted by atomic mass is 32.2. The predicted molar refractivity (Wildman–Crippen MR) is 57.8 cm³/mol. The standard InChI is InChI=1S/C10H13F7OS/c1-2-8(18)19-4-3-6(11)5-7(12)9(13,14)10(15,16)17/h6-7H,2-5H2,1H3. The number of thioether (sulfide) groups is 1. The number of hydrogen-bond donors (Lipinski definition) is 0. The van der Waals surface area contributed by atoms with Gasteiger partial charge in [-0.05, 0) is 6.42 Å². The molecule has 0 amide bonds. The molecule has 0 fully saturated rings. The molecule has 19 heavy (non-hydrogen) atoms. The van der Waals surface area contributed by atoms with Gasteiger partial charge in [-0.15, -0.1) is 0 Å². The van der Waals surface area contributed by atoms with Gasteiger partial charge in [-0.1, -0.05) is 18.7 Å². The van der Waals surface area contributed by atoms with Gasteiger partial charge in [0, 0.05) is 18.6 Å². The molecule has 0 aromatic heterocycles. The molecule has 0 N–H and O–H groups in total. The minimum absolute atomic E-state index is 0.0852. The fourth-order valence-electron chi connectivity index (χ4n) is 1.07. The van der Waals surface area contributed by atoms with Crippen LogP contribution in [0.25, 0.3) is 0 Å². The molecule has 0 bridgehead atoms. The van der Waals surface area contributed by atoms with Gasteiger partial charge in [-0.2, -0.15) is 22.0 Å². The van der Waals surface area contributed by atoms with Crippen LogP contribution < -0.4 is 0 Å². The molecule has 0 saturated heterocycles. The van der Waals surface area contributed by atoms with Crippen LogP contribution in [0.3, 0.4) is 0 Å². The summed E-state index contributed by atoms with van der Waals surface area (Å²) in [6, 6.07) is 0. The normalized spacial score (nSPS) is 16.2. The highest BCUT2D eigenvalue weighted by Gasteiger charge is 2.63. The second kappa shape index (κ2) is 7.35. The Balaban J connectivity index is 4.19. The van der Waals surface area contributed by atoms with E-state index in [0.717, 1.165) is 11.8 Å². The van der Waals surface area contributed by atoms with E-state index in [1.165, 1.54) is 0 Å². The van der Waals surface area contributed by atoms with Crippen LogP contribution in [0, 0.1) is 0 Å². The molecule has 0 radical (unpaired) electrons. The molecule has 0 aliphatic carbocycles. The van der Waals surface area contributed by atoms with E-state index in [4.69, 9.17) is 0 Å². The van der Waals surface area contributed by atoms with E-state index < -0.39 is 37.3 Å². The van der Waals surface area contributed by atoms with Crippen molar-refractivity contribution in [1.29, 1.82) is 0 Å². The molecular formula is C10H13F7OS. The van der Waals surface area contributed by atoms with Gasteiger partial charge in [-0.25, -0.2) is 8.78 Å². The second-order valence-electron chi connectivity index (χ2n) is 3.78. The number of carbonyl (C=O) groups excluding carboxylic acids is 1. The van der Waals surface area contributed by atoms with E-state index in [0.29, 0.717) is 0 Å². The molecule has 0 aliphatic heterocycles. The van der Waals surface area contributed by atoms with Crippen molar-refractivity contribution in [1.82, 2.24) is 0 Å². The maximum atomic E-state index is 13.1. The van der Waals surface area contributed by atoms with Crippen LogP contribution in [0.1, 0.15) is 26.2 Å². The molecule has 9 heteroatoms. The number of alkyl halides is 7. The van der Waals surface area contributed by atoms with Crippen molar-refractivity contribution in [3.63, 3.8) is 0 Å². The van der Waals surface area contributed by atoms with Crippen LogP contribution in [-0.4, -0.2) is 35.3 Å². The van der Waals surface area contributed by atoms with Crippen LogP contribution >= 0.6 is 11.8 Å². The molecule has 0 aromatic rings. The highest BCUT2D eigenvalue weighted by Crippen LogP contribution is 2.41. The number of carbonyl (C=O) groups is 1. The maximum absolute atomic E-state index is 13.1. The van der Waals surface area contributed by atoms with E-state index in [-0.39, 0.29) is 17.3 Å². The molecule has 0 spiro atoms. The first kappa shape index (κ1) is 18.5. The van der Waals surface area contributed by atoms with Crippen LogP contribution in [0.2, 0.25) is 0 Å². The number of hydrogen-bond acceptors (Lipinski definition) is 2. The van der Waals surface area contributed by atoms with E-state index in [1.807, 2.05) is 0 Å². The second-order valence-corrected chi connectivity index (χ2v) is 4.94. The number of halogens is 7. The molecule has 2 atom stereocenters. The fourth-order valence-corrected chi connectivity index (χ4v) is 1.88. The summed E-state index contributed by atoms with van der Waals surface area (Å²) >= 11 is 0.734. The molecular weight excluding hydrogens is 301 g/mol. The van der Waals surface area contributed by atoms with E-state index >= 15 is 0 Å². The topological polar surface area (TPSA) is 17.1 Å². The first-order chi connectivity index (χ1) is 8.52. The lowest BCUT2D eigenvalue weighted by atomic mass is 10.1. The first-order valence-electron chi connectivity index (χ1n) is 5.40. The Hall–Kier alpha value is -0.470. The third-order valence-corrected chi connectivity index (χ3v) is 3.27. The molecule has 0 heterocycles. The Labute approximate surface area is 109 Å². The summed E-state index contributed by atoms with van der Waals surface area (Å²) in [7, 11) is 0. The van der Waals surface area contributed by atoms with Crippen LogP contribution in [0.15, 0.2) is 0 Å². The molecule has 0 saturated carbocycles. The Morgan fingerprint density at radius 2 is 1.68 bits per heavy atom. The zero-order valence-corrected chi connectivity index (χ0v) is 10.8. The van der Waals surface area contributed by atoms with Crippen molar-refractivity contribution < 1.29 is 35.5 Å². The van der Waals surface area contributed by atoms with Crippen molar-refractivity contribution in [3.05, 3.63) is 0 Å². The fraction of sp³-hybridized carbons (Fsp3) is 0.900. The van der Waals surface area contributed by atoms with E-state index in [9.17, 15) is 35.5 Å². The quantitative estimate of drug-likeness (QED) is 0.651. The van der Waals surface area contributed by atoms with Gasteiger partial charge in [0.05, 0.1) is 0 Å². The smallest absolute Gasteiger partial charge is 0.287 e. The minimum atomic E-state index is -6.04. The predicted octanol–water partition coefficient (Wildman–Crippen LogP) is 4.31. The average Bonchev–Trinajstić information content (AvgIpc) is 2.26. The monoisotopic (exact) mass is 314 g/mol. The Morgan fingerprint density at radius 3 is 2.11 bits per heavy atom. The van der Waals surface area contributed by atoms with Gasteiger partial charge < -0.3 is 0 Å². The third-order valence-electron chi connectivity index (χ3n) is 2.22. The lowest BCUT2D eigenvalue weighted by molar-refractivity contribution is -0.304. The summed E-state index contributed by atoms with van der Waals surface area (Å²) in [5.74, 6) is -5.65.